The van der Waals surface area contributed by atoms with Crippen molar-refractivity contribution in [2.45, 2.75) is 37.6 Å². The maximum atomic E-state index is 11.6. The molecule has 0 saturated heterocycles. The van der Waals surface area contributed by atoms with Crippen molar-refractivity contribution in [3.8, 4) is 6.07 Å². The first-order valence-electron chi connectivity index (χ1n) is 7.15. The van der Waals surface area contributed by atoms with Gasteiger partial charge >= 0.3 is 0 Å². The molecule has 2 rings (SSSR count). The molecule has 0 atom stereocenters. The van der Waals surface area contributed by atoms with Crippen molar-refractivity contribution in [3.63, 3.8) is 0 Å². The summed E-state index contributed by atoms with van der Waals surface area (Å²) < 4.78 is 30.5. The largest absolute Gasteiger partial charge is 0.361 e. The summed E-state index contributed by atoms with van der Waals surface area (Å²) in [6.45, 7) is 7.65. The Hall–Kier alpha value is -1.76. The lowest BCUT2D eigenvalue weighted by molar-refractivity contribution is 0.0898. The average molecular weight is 352 g/mol. The summed E-state index contributed by atoms with van der Waals surface area (Å²) in [5.41, 5.74) is 0.791. The summed E-state index contributed by atoms with van der Waals surface area (Å²) >= 11 is 0. The van der Waals surface area contributed by atoms with Crippen LogP contribution in [0.3, 0.4) is 0 Å². The highest BCUT2D eigenvalue weighted by atomic mass is 32.2. The molecule has 0 bridgehead atoms. The van der Waals surface area contributed by atoms with Gasteiger partial charge in [0.15, 0.2) is 0 Å². The van der Waals surface area contributed by atoms with Crippen LogP contribution < -0.4 is 0 Å². The first-order chi connectivity index (χ1) is 10.6. The third-order valence-electron chi connectivity index (χ3n) is 3.27. The molecule has 0 amide bonds. The predicted molar refractivity (Wildman–Crippen MR) is 89.5 cm³/mol. The lowest BCUT2D eigenvalue weighted by Gasteiger charge is -2.15. The van der Waals surface area contributed by atoms with Crippen LogP contribution in [0.2, 0.25) is 25.7 Å². The summed E-state index contributed by atoms with van der Waals surface area (Å²) in [6, 6.07) is 3.09. The Morgan fingerprint density at radius 3 is 2.65 bits per heavy atom. The highest BCUT2D eigenvalue weighted by Crippen LogP contribution is 2.20. The lowest BCUT2D eigenvalue weighted by Crippen LogP contribution is -2.22. The number of hydrogen-bond donors (Lipinski definition) is 0. The molecule has 0 fully saturated rings. The molecule has 2 aromatic rings. The standard InChI is InChI=1S/C14H20N4O3SSi/c1-22(19,20)14-16-8-12-11(7-15)9-18(13(12)17-14)10-21-5-6-23(2,3)4/h8-9H,5-6,10H2,1-4H3. The van der Waals surface area contributed by atoms with Crippen LogP contribution in [0.1, 0.15) is 5.56 Å². The molecule has 124 valence electrons. The van der Waals surface area contributed by atoms with Gasteiger partial charge in [-0.05, 0) is 6.04 Å². The minimum absolute atomic E-state index is 0.225. The molecule has 0 spiro atoms. The van der Waals surface area contributed by atoms with E-state index in [0.29, 0.717) is 23.2 Å². The second-order valence-electron chi connectivity index (χ2n) is 6.63. The van der Waals surface area contributed by atoms with Crippen LogP contribution in [-0.4, -0.2) is 43.9 Å². The molecule has 7 nitrogen and oxygen atoms in total. The number of hydrogen-bond acceptors (Lipinski definition) is 6. The van der Waals surface area contributed by atoms with Gasteiger partial charge in [-0.3, -0.25) is 0 Å². The van der Waals surface area contributed by atoms with Gasteiger partial charge in [0.2, 0.25) is 15.0 Å². The number of aromatic nitrogens is 3. The van der Waals surface area contributed by atoms with E-state index in [1.165, 1.54) is 6.20 Å². The van der Waals surface area contributed by atoms with Crippen molar-refractivity contribution >= 4 is 28.9 Å². The molecule has 0 aromatic carbocycles. The van der Waals surface area contributed by atoms with Gasteiger partial charge in [0, 0.05) is 33.3 Å². The van der Waals surface area contributed by atoms with E-state index in [4.69, 9.17) is 4.74 Å². The van der Waals surface area contributed by atoms with Gasteiger partial charge in [-0.1, -0.05) is 19.6 Å². The van der Waals surface area contributed by atoms with Crippen molar-refractivity contribution in [1.29, 1.82) is 5.26 Å². The number of nitrogens with zero attached hydrogens (tertiary/aromatic N) is 4. The SMILES string of the molecule is C[Si](C)(C)CCOCn1cc(C#N)c2cnc(S(C)(=O)=O)nc21. The first-order valence-corrected chi connectivity index (χ1v) is 12.8. The fourth-order valence-corrected chi connectivity index (χ4v) is 3.21. The maximum Gasteiger partial charge on any atom is 0.248 e. The summed E-state index contributed by atoms with van der Waals surface area (Å²) in [5, 5.41) is 9.45. The van der Waals surface area contributed by atoms with Crippen LogP contribution in [0.4, 0.5) is 0 Å². The van der Waals surface area contributed by atoms with Crippen molar-refractivity contribution in [1.82, 2.24) is 14.5 Å². The molecule has 0 radical (unpaired) electrons. The fourth-order valence-electron chi connectivity index (χ4n) is 1.96. The first kappa shape index (κ1) is 17.6. The van der Waals surface area contributed by atoms with Crippen molar-refractivity contribution in [3.05, 3.63) is 18.0 Å². The highest BCUT2D eigenvalue weighted by Gasteiger charge is 2.17. The van der Waals surface area contributed by atoms with Gasteiger partial charge in [-0.15, -0.1) is 0 Å². The highest BCUT2D eigenvalue weighted by molar-refractivity contribution is 7.90. The molecule has 0 aliphatic rings. The van der Waals surface area contributed by atoms with Gasteiger partial charge in [0.05, 0.1) is 10.9 Å². The van der Waals surface area contributed by atoms with Crippen LogP contribution >= 0.6 is 0 Å². The number of nitriles is 1. The second-order valence-corrected chi connectivity index (χ2v) is 14.2. The molecule has 23 heavy (non-hydrogen) atoms. The zero-order valence-corrected chi connectivity index (χ0v) is 15.5. The third-order valence-corrected chi connectivity index (χ3v) is 5.84. The van der Waals surface area contributed by atoms with E-state index in [1.807, 2.05) is 0 Å². The molecule has 0 N–H and O–H groups in total. The van der Waals surface area contributed by atoms with E-state index in [2.05, 4.69) is 35.7 Å². The van der Waals surface area contributed by atoms with E-state index in [-0.39, 0.29) is 11.9 Å². The fraction of sp³-hybridized carbons (Fsp3) is 0.500. The minimum Gasteiger partial charge on any atom is -0.361 e. The van der Waals surface area contributed by atoms with Gasteiger partial charge < -0.3 is 9.30 Å². The third kappa shape index (κ3) is 4.37. The molecule has 2 heterocycles. The van der Waals surface area contributed by atoms with Gasteiger partial charge in [-0.25, -0.2) is 13.4 Å². The number of ether oxygens (including phenoxy) is 1. The molecule has 0 saturated carbocycles. The molecule has 9 heteroatoms. The molecular formula is C14H20N4O3SSi. The van der Waals surface area contributed by atoms with Crippen LogP contribution in [-0.2, 0) is 21.3 Å². The molecule has 0 aliphatic heterocycles. The summed E-state index contributed by atoms with van der Waals surface area (Å²) in [6.07, 6.45) is 4.03. The van der Waals surface area contributed by atoms with Crippen LogP contribution in [0.15, 0.2) is 17.6 Å². The van der Waals surface area contributed by atoms with E-state index in [9.17, 15) is 13.7 Å². The van der Waals surface area contributed by atoms with Gasteiger partial charge in [0.25, 0.3) is 0 Å². The van der Waals surface area contributed by atoms with Gasteiger partial charge in [-0.2, -0.15) is 10.2 Å². The Bertz CT molecular complexity index is 863. The Balaban J connectivity index is 2.30. The second kappa shape index (κ2) is 6.39. The topological polar surface area (TPSA) is 97.9 Å². The monoisotopic (exact) mass is 352 g/mol. The maximum absolute atomic E-state index is 11.6. The number of sulfone groups is 1. The van der Waals surface area contributed by atoms with Crippen LogP contribution in [0.25, 0.3) is 11.0 Å². The Morgan fingerprint density at radius 1 is 1.39 bits per heavy atom. The van der Waals surface area contributed by atoms with Gasteiger partial charge in [0.1, 0.15) is 18.4 Å². The zero-order chi connectivity index (χ0) is 17.3. The molecule has 2 aromatic heterocycles. The van der Waals surface area contributed by atoms with E-state index < -0.39 is 17.9 Å². The predicted octanol–water partition coefficient (Wildman–Crippen LogP) is 2.02. The average Bonchev–Trinajstić information content (AvgIpc) is 2.79. The number of fused-ring (bicyclic) bond motifs is 1. The number of rotatable bonds is 6. The van der Waals surface area contributed by atoms with Crippen molar-refractivity contribution in [2.24, 2.45) is 0 Å². The van der Waals surface area contributed by atoms with E-state index in [1.54, 1.807) is 10.8 Å². The normalized spacial score (nSPS) is 12.5. The van der Waals surface area contributed by atoms with Crippen LogP contribution in [0, 0.1) is 11.3 Å². The minimum atomic E-state index is -3.51. The summed E-state index contributed by atoms with van der Waals surface area (Å²) in [7, 11) is -4.68. The smallest absolute Gasteiger partial charge is 0.248 e. The zero-order valence-electron chi connectivity index (χ0n) is 13.7. The van der Waals surface area contributed by atoms with Crippen molar-refractivity contribution in [2.75, 3.05) is 12.9 Å². The Labute approximate surface area is 136 Å². The van der Waals surface area contributed by atoms with Crippen LogP contribution in [0.5, 0.6) is 0 Å². The Kier molecular flexibility index (Phi) is 4.89. The summed E-state index contributed by atoms with van der Waals surface area (Å²) in [4.78, 5) is 7.91. The van der Waals surface area contributed by atoms with E-state index >= 15 is 0 Å². The molecule has 0 aliphatic carbocycles. The molecular weight excluding hydrogens is 332 g/mol. The van der Waals surface area contributed by atoms with E-state index in [0.717, 1.165) is 12.3 Å². The van der Waals surface area contributed by atoms with Crippen molar-refractivity contribution < 1.29 is 13.2 Å². The molecule has 0 unspecified atom stereocenters. The Morgan fingerprint density at radius 2 is 2.09 bits per heavy atom. The summed E-state index contributed by atoms with van der Waals surface area (Å²) in [5.74, 6) is 0. The lowest BCUT2D eigenvalue weighted by atomic mass is 10.3. The quantitative estimate of drug-likeness (QED) is 0.448.